The quantitative estimate of drug-likeness (QED) is 0.402. The van der Waals surface area contributed by atoms with Gasteiger partial charge in [-0.2, -0.15) is 18.2 Å². The number of hydroxylamine groups is 2. The summed E-state index contributed by atoms with van der Waals surface area (Å²) in [6.07, 6.45) is -4.52. The lowest BCUT2D eigenvalue weighted by molar-refractivity contribution is -0.138. The molecule has 0 heterocycles. The first-order valence-electron chi connectivity index (χ1n) is 8.83. The molecule has 1 unspecified atom stereocenters. The number of amides is 3. The highest BCUT2D eigenvalue weighted by Crippen LogP contribution is 2.31. The van der Waals surface area contributed by atoms with E-state index in [1.54, 1.807) is 13.0 Å². The van der Waals surface area contributed by atoms with E-state index in [9.17, 15) is 28.0 Å². The van der Waals surface area contributed by atoms with Crippen molar-refractivity contribution in [2.45, 2.75) is 32.6 Å². The van der Waals surface area contributed by atoms with Gasteiger partial charge in [-0.25, -0.2) is 4.79 Å². The van der Waals surface area contributed by atoms with E-state index in [1.807, 2.05) is 0 Å². The van der Waals surface area contributed by atoms with Crippen molar-refractivity contribution < 1.29 is 28.0 Å². The predicted octanol–water partition coefficient (Wildman–Crippen LogP) is 3.45. The van der Waals surface area contributed by atoms with Gasteiger partial charge in [0.15, 0.2) is 0 Å². The van der Waals surface area contributed by atoms with Crippen molar-refractivity contribution in [1.29, 1.82) is 0 Å². The van der Waals surface area contributed by atoms with Gasteiger partial charge in [0.2, 0.25) is 0 Å². The molecule has 0 aromatic heterocycles. The molecule has 0 bridgehead atoms. The summed E-state index contributed by atoms with van der Waals surface area (Å²) < 4.78 is 39.2. The number of nitrogens with zero attached hydrogens (tertiary/aromatic N) is 1. The lowest BCUT2D eigenvalue weighted by Gasteiger charge is -2.14. The first kappa shape index (κ1) is 22.8. The van der Waals surface area contributed by atoms with Crippen molar-refractivity contribution >= 4 is 11.9 Å². The third kappa shape index (κ3) is 5.75. The Hall–Kier alpha value is -3.51. The fourth-order valence-electron chi connectivity index (χ4n) is 2.56. The van der Waals surface area contributed by atoms with Crippen molar-refractivity contribution in [1.82, 2.24) is 10.4 Å². The Labute approximate surface area is 171 Å². The maximum absolute atomic E-state index is 13.1. The van der Waals surface area contributed by atoms with E-state index in [4.69, 9.17) is 5.73 Å². The first-order chi connectivity index (χ1) is 14.0. The van der Waals surface area contributed by atoms with Crippen LogP contribution in [0.1, 0.15) is 39.5 Å². The highest BCUT2D eigenvalue weighted by Gasteiger charge is 2.32. The van der Waals surface area contributed by atoms with Gasteiger partial charge in [-0.05, 0) is 43.2 Å². The lowest BCUT2D eigenvalue weighted by Crippen LogP contribution is -2.38. The Morgan fingerprint density at radius 2 is 1.90 bits per heavy atom. The van der Waals surface area contributed by atoms with Gasteiger partial charge in [-0.3, -0.25) is 10.0 Å². The molecule has 30 heavy (non-hydrogen) atoms. The van der Waals surface area contributed by atoms with E-state index in [2.05, 4.69) is 17.2 Å². The molecule has 0 aliphatic heterocycles. The maximum Gasteiger partial charge on any atom is 0.416 e. The van der Waals surface area contributed by atoms with Gasteiger partial charge in [0.1, 0.15) is 6.04 Å². The lowest BCUT2D eigenvalue weighted by atomic mass is 10.0. The number of aryl methyl sites for hydroxylation is 1. The molecular formula is C21H20F3N3O3. The van der Waals surface area contributed by atoms with E-state index in [0.29, 0.717) is 5.56 Å². The number of hydrogen-bond donors (Lipinski definition) is 3. The molecule has 1 atom stereocenters. The van der Waals surface area contributed by atoms with E-state index < -0.39 is 29.7 Å². The van der Waals surface area contributed by atoms with E-state index in [0.717, 1.165) is 11.6 Å². The predicted molar refractivity (Wildman–Crippen MR) is 103 cm³/mol. The highest BCUT2D eigenvalue weighted by molar-refractivity contribution is 5.94. The third-order valence-electron chi connectivity index (χ3n) is 4.27. The molecule has 6 nitrogen and oxygen atoms in total. The van der Waals surface area contributed by atoms with Crippen molar-refractivity contribution in [3.63, 3.8) is 0 Å². The second-order valence-electron chi connectivity index (χ2n) is 6.50. The summed E-state index contributed by atoms with van der Waals surface area (Å²) in [5, 5.41) is 12.2. The molecule has 158 valence electrons. The van der Waals surface area contributed by atoms with Crippen LogP contribution in [0.25, 0.3) is 0 Å². The van der Waals surface area contributed by atoms with Gasteiger partial charge in [0.25, 0.3) is 5.91 Å². The Balaban J connectivity index is 2.17. The molecule has 9 heteroatoms. The van der Waals surface area contributed by atoms with Gasteiger partial charge in [-0.15, -0.1) is 0 Å². The molecule has 0 saturated heterocycles. The minimum atomic E-state index is -4.52. The van der Waals surface area contributed by atoms with Crippen molar-refractivity contribution in [2.75, 3.05) is 0 Å². The van der Waals surface area contributed by atoms with E-state index >= 15 is 0 Å². The van der Waals surface area contributed by atoms with Crippen LogP contribution < -0.4 is 11.1 Å². The zero-order valence-electron chi connectivity index (χ0n) is 16.2. The average molecular weight is 419 g/mol. The fourth-order valence-corrected chi connectivity index (χ4v) is 2.56. The largest absolute Gasteiger partial charge is 0.416 e. The van der Waals surface area contributed by atoms with Gasteiger partial charge in [-0.1, -0.05) is 36.1 Å². The summed E-state index contributed by atoms with van der Waals surface area (Å²) in [7, 11) is 0. The Kier molecular flexibility index (Phi) is 7.08. The van der Waals surface area contributed by atoms with E-state index in [-0.39, 0.29) is 22.7 Å². The number of alkyl halides is 3. The number of urea groups is 1. The number of halogens is 3. The van der Waals surface area contributed by atoms with Gasteiger partial charge >= 0.3 is 12.2 Å². The van der Waals surface area contributed by atoms with Crippen LogP contribution in [0.15, 0.2) is 42.5 Å². The Morgan fingerprint density at radius 3 is 2.53 bits per heavy atom. The van der Waals surface area contributed by atoms with Crippen LogP contribution in [-0.2, 0) is 12.7 Å². The number of nitrogens with two attached hydrogens (primary N) is 1. The molecule has 3 amide bonds. The standard InChI is InChI=1S/C21H20F3N3O3/c1-13-7-9-16(11-15(13)10-8-14(2)27(30)20(25)29)19(28)26-12-17-5-3-4-6-18(17)21(22,23)24/h3-7,9,11,14,30H,12H2,1-2H3,(H2,25,29)(H,26,28). The van der Waals surface area contributed by atoms with Gasteiger partial charge in [0.05, 0.1) is 5.56 Å². The fraction of sp³-hybridized carbons (Fsp3) is 0.238. The molecule has 2 aromatic rings. The number of rotatable bonds is 4. The van der Waals surface area contributed by atoms with Gasteiger partial charge < -0.3 is 11.1 Å². The van der Waals surface area contributed by atoms with Crippen LogP contribution in [0.3, 0.4) is 0 Å². The van der Waals surface area contributed by atoms with Gasteiger partial charge in [0, 0.05) is 17.7 Å². The molecule has 2 rings (SSSR count). The summed E-state index contributed by atoms with van der Waals surface area (Å²) in [4.78, 5) is 23.4. The number of hydrogen-bond acceptors (Lipinski definition) is 3. The molecule has 2 aromatic carbocycles. The van der Waals surface area contributed by atoms with Crippen molar-refractivity contribution in [3.05, 3.63) is 70.3 Å². The molecule has 0 spiro atoms. The number of carbonyl (C=O) groups is 2. The third-order valence-corrected chi connectivity index (χ3v) is 4.27. The monoisotopic (exact) mass is 419 g/mol. The Morgan fingerprint density at radius 1 is 1.23 bits per heavy atom. The second kappa shape index (κ2) is 9.33. The molecule has 4 N–H and O–H groups in total. The van der Waals surface area contributed by atoms with Crippen LogP contribution in [0, 0.1) is 18.8 Å². The zero-order valence-corrected chi connectivity index (χ0v) is 16.2. The summed E-state index contributed by atoms with van der Waals surface area (Å²) in [5.74, 6) is 4.83. The summed E-state index contributed by atoms with van der Waals surface area (Å²) in [6, 6.07) is 7.72. The minimum Gasteiger partial charge on any atom is -0.350 e. The summed E-state index contributed by atoms with van der Waals surface area (Å²) >= 11 is 0. The number of nitrogens with one attached hydrogen (secondary N) is 1. The van der Waals surface area contributed by atoms with Crippen molar-refractivity contribution in [2.24, 2.45) is 5.73 Å². The maximum atomic E-state index is 13.1. The topological polar surface area (TPSA) is 95.7 Å². The molecule has 0 fully saturated rings. The zero-order chi connectivity index (χ0) is 22.5. The molecule has 0 aliphatic carbocycles. The van der Waals surface area contributed by atoms with Crippen LogP contribution in [0.2, 0.25) is 0 Å². The smallest absolute Gasteiger partial charge is 0.350 e. The number of benzene rings is 2. The number of carbonyl (C=O) groups excluding carboxylic acids is 2. The molecule has 0 aliphatic rings. The van der Waals surface area contributed by atoms with Crippen LogP contribution >= 0.6 is 0 Å². The Bertz CT molecular complexity index is 1010. The van der Waals surface area contributed by atoms with Crippen LogP contribution in [0.5, 0.6) is 0 Å². The molecular weight excluding hydrogens is 399 g/mol. The minimum absolute atomic E-state index is 0.0474. The highest BCUT2D eigenvalue weighted by atomic mass is 19.4. The molecule has 0 radical (unpaired) electrons. The summed E-state index contributed by atoms with van der Waals surface area (Å²) in [6.45, 7) is 2.92. The average Bonchev–Trinajstić information content (AvgIpc) is 2.69. The van der Waals surface area contributed by atoms with E-state index in [1.165, 1.54) is 37.3 Å². The SMILES string of the molecule is Cc1ccc(C(=O)NCc2ccccc2C(F)(F)F)cc1C#CC(C)N(O)C(N)=O. The number of primary amides is 1. The summed E-state index contributed by atoms with van der Waals surface area (Å²) in [5.41, 5.74) is 5.51. The normalized spacial score (nSPS) is 11.8. The second-order valence-corrected chi connectivity index (χ2v) is 6.50. The van der Waals surface area contributed by atoms with Crippen LogP contribution in [0.4, 0.5) is 18.0 Å². The first-order valence-corrected chi connectivity index (χ1v) is 8.83. The molecule has 0 saturated carbocycles. The van der Waals surface area contributed by atoms with Crippen molar-refractivity contribution in [3.8, 4) is 11.8 Å². The van der Waals surface area contributed by atoms with Crippen LogP contribution in [-0.4, -0.2) is 28.3 Å².